The summed E-state index contributed by atoms with van der Waals surface area (Å²) in [5.41, 5.74) is 2.01. The first-order valence-corrected chi connectivity index (χ1v) is 10.2. The lowest BCUT2D eigenvalue weighted by molar-refractivity contribution is 0.0996. The predicted octanol–water partition coefficient (Wildman–Crippen LogP) is 5.72. The molecule has 4 rings (SSSR count). The number of hydrogen-bond acceptors (Lipinski definition) is 3. The van der Waals surface area contributed by atoms with Gasteiger partial charge in [-0.1, -0.05) is 71.7 Å². The fourth-order valence-corrected chi connectivity index (χ4v) is 3.47. The minimum atomic E-state index is -0.468. The molecule has 0 bridgehead atoms. The number of benzene rings is 3. The van der Waals surface area contributed by atoms with Crippen LogP contribution in [0.1, 0.15) is 31.8 Å². The molecule has 1 amide bonds. The van der Waals surface area contributed by atoms with Gasteiger partial charge in [0.1, 0.15) is 5.02 Å². The van der Waals surface area contributed by atoms with Crippen molar-refractivity contribution in [3.63, 3.8) is 0 Å². The Morgan fingerprint density at radius 2 is 1.48 bits per heavy atom. The molecular weight excluding hydrogens is 433 g/mol. The lowest BCUT2D eigenvalue weighted by Gasteiger charge is -2.09. The number of aromatic nitrogens is 2. The Kier molecular flexibility index (Phi) is 6.16. The second-order valence-corrected chi connectivity index (χ2v) is 7.69. The van der Waals surface area contributed by atoms with Crippen molar-refractivity contribution in [2.24, 2.45) is 0 Å². The number of amides is 1. The Hall–Kier alpha value is -3.41. The molecule has 0 spiro atoms. The lowest BCUT2D eigenvalue weighted by Crippen LogP contribution is -2.17. The Morgan fingerprint density at radius 3 is 2.19 bits per heavy atom. The van der Waals surface area contributed by atoms with Gasteiger partial charge in [-0.2, -0.15) is 5.10 Å². The summed E-state index contributed by atoms with van der Waals surface area (Å²) in [5, 5.41) is 7.92. The molecule has 0 atom stereocenters. The van der Waals surface area contributed by atoms with Gasteiger partial charge in [0.2, 0.25) is 0 Å². The first-order chi connectivity index (χ1) is 15.0. The molecule has 0 saturated carbocycles. The Bertz CT molecular complexity index is 1240. The summed E-state index contributed by atoms with van der Waals surface area (Å²) in [6.45, 7) is 0.516. The van der Waals surface area contributed by atoms with E-state index in [1.807, 2.05) is 30.3 Å². The zero-order chi connectivity index (χ0) is 21.8. The first-order valence-electron chi connectivity index (χ1n) is 9.49. The molecule has 5 nitrogen and oxygen atoms in total. The van der Waals surface area contributed by atoms with Gasteiger partial charge in [0.05, 0.1) is 12.1 Å². The fraction of sp³-hybridized carbons (Fsp3) is 0.0417. The highest BCUT2D eigenvalue weighted by atomic mass is 35.5. The van der Waals surface area contributed by atoms with Crippen molar-refractivity contribution in [1.29, 1.82) is 0 Å². The van der Waals surface area contributed by atoms with Crippen molar-refractivity contribution in [3.8, 4) is 0 Å². The van der Waals surface area contributed by atoms with Gasteiger partial charge in [0, 0.05) is 22.3 Å². The van der Waals surface area contributed by atoms with Crippen LogP contribution in [0.4, 0.5) is 5.82 Å². The molecule has 1 heterocycles. The number of carbonyl (C=O) groups excluding carboxylic acids is 2. The molecule has 0 aliphatic rings. The van der Waals surface area contributed by atoms with E-state index in [2.05, 4.69) is 10.4 Å². The molecule has 0 unspecified atom stereocenters. The molecular formula is C24H17Cl2N3O2. The van der Waals surface area contributed by atoms with Crippen LogP contribution in [0.25, 0.3) is 0 Å². The van der Waals surface area contributed by atoms with Crippen LogP contribution in [0, 0.1) is 0 Å². The summed E-state index contributed by atoms with van der Waals surface area (Å²) < 4.78 is 1.65. The summed E-state index contributed by atoms with van der Waals surface area (Å²) in [6, 6.07) is 22.9. The molecule has 0 aliphatic carbocycles. The summed E-state index contributed by atoms with van der Waals surface area (Å²) in [7, 11) is 0. The third-order valence-corrected chi connectivity index (χ3v) is 5.19. The standard InChI is InChI=1S/C24H17Cl2N3O2/c25-18-12-10-17(11-13-18)22(30)19-8-4-5-9-20(19)24(31)27-23-21(26)15-29(28-23)14-16-6-2-1-3-7-16/h1-13,15H,14H2,(H,27,28,31). The molecule has 154 valence electrons. The van der Waals surface area contributed by atoms with Gasteiger partial charge in [-0.25, -0.2) is 0 Å². The lowest BCUT2D eigenvalue weighted by atomic mass is 9.98. The molecule has 3 aromatic carbocycles. The first kappa shape index (κ1) is 20.8. The van der Waals surface area contributed by atoms with Crippen molar-refractivity contribution in [2.75, 3.05) is 5.32 Å². The van der Waals surface area contributed by atoms with Crippen molar-refractivity contribution in [3.05, 3.63) is 117 Å². The minimum absolute atomic E-state index is 0.233. The van der Waals surface area contributed by atoms with Crippen LogP contribution in [0.5, 0.6) is 0 Å². The van der Waals surface area contributed by atoms with E-state index in [-0.39, 0.29) is 22.7 Å². The van der Waals surface area contributed by atoms with Crippen LogP contribution < -0.4 is 5.32 Å². The van der Waals surface area contributed by atoms with Crippen molar-refractivity contribution in [2.45, 2.75) is 6.54 Å². The maximum Gasteiger partial charge on any atom is 0.257 e. The van der Waals surface area contributed by atoms with E-state index >= 15 is 0 Å². The van der Waals surface area contributed by atoms with Gasteiger partial charge in [0.25, 0.3) is 5.91 Å². The Labute approximate surface area is 189 Å². The van der Waals surface area contributed by atoms with Crippen LogP contribution in [0.15, 0.2) is 85.1 Å². The van der Waals surface area contributed by atoms with Crippen LogP contribution in [0.2, 0.25) is 10.0 Å². The summed E-state index contributed by atoms with van der Waals surface area (Å²) in [6.07, 6.45) is 1.65. The maximum absolute atomic E-state index is 13.0. The smallest absolute Gasteiger partial charge is 0.257 e. The van der Waals surface area contributed by atoms with E-state index in [0.717, 1.165) is 5.56 Å². The monoisotopic (exact) mass is 449 g/mol. The Balaban J connectivity index is 1.56. The van der Waals surface area contributed by atoms with Crippen LogP contribution >= 0.6 is 23.2 Å². The van der Waals surface area contributed by atoms with Gasteiger partial charge < -0.3 is 5.32 Å². The second-order valence-electron chi connectivity index (χ2n) is 6.84. The van der Waals surface area contributed by atoms with Gasteiger partial charge in [-0.05, 0) is 35.9 Å². The van der Waals surface area contributed by atoms with E-state index in [4.69, 9.17) is 23.2 Å². The highest BCUT2D eigenvalue weighted by molar-refractivity contribution is 6.33. The largest absolute Gasteiger partial charge is 0.304 e. The molecule has 1 N–H and O–H groups in total. The molecule has 0 radical (unpaired) electrons. The summed E-state index contributed by atoms with van der Waals surface area (Å²) >= 11 is 12.2. The van der Waals surface area contributed by atoms with E-state index in [0.29, 0.717) is 22.2 Å². The number of halogens is 2. The molecule has 0 aliphatic heterocycles. The average molecular weight is 450 g/mol. The molecule has 4 aromatic rings. The molecule has 0 fully saturated rings. The topological polar surface area (TPSA) is 64.0 Å². The van der Waals surface area contributed by atoms with Crippen molar-refractivity contribution >= 4 is 40.7 Å². The maximum atomic E-state index is 13.0. The zero-order valence-electron chi connectivity index (χ0n) is 16.3. The quantitative estimate of drug-likeness (QED) is 0.382. The number of hydrogen-bond donors (Lipinski definition) is 1. The SMILES string of the molecule is O=C(Nc1nn(Cc2ccccc2)cc1Cl)c1ccccc1C(=O)c1ccc(Cl)cc1. The number of anilines is 1. The highest BCUT2D eigenvalue weighted by Crippen LogP contribution is 2.23. The van der Waals surface area contributed by atoms with E-state index in [1.165, 1.54) is 0 Å². The molecule has 7 heteroatoms. The zero-order valence-corrected chi connectivity index (χ0v) is 17.8. The highest BCUT2D eigenvalue weighted by Gasteiger charge is 2.20. The average Bonchev–Trinajstić information content (AvgIpc) is 3.12. The summed E-state index contributed by atoms with van der Waals surface area (Å²) in [4.78, 5) is 25.9. The third-order valence-electron chi connectivity index (χ3n) is 4.66. The van der Waals surface area contributed by atoms with Gasteiger partial charge >= 0.3 is 0 Å². The number of ketones is 1. The molecule has 1 aromatic heterocycles. The van der Waals surface area contributed by atoms with E-state index in [9.17, 15) is 9.59 Å². The van der Waals surface area contributed by atoms with Crippen molar-refractivity contribution in [1.82, 2.24) is 9.78 Å². The Morgan fingerprint density at radius 1 is 0.839 bits per heavy atom. The van der Waals surface area contributed by atoms with Crippen LogP contribution in [-0.4, -0.2) is 21.5 Å². The number of rotatable bonds is 6. The molecule has 31 heavy (non-hydrogen) atoms. The number of nitrogens with zero attached hydrogens (tertiary/aromatic N) is 2. The molecule has 0 saturated heterocycles. The van der Waals surface area contributed by atoms with Crippen LogP contribution in [0.3, 0.4) is 0 Å². The van der Waals surface area contributed by atoms with E-state index in [1.54, 1.807) is 59.4 Å². The van der Waals surface area contributed by atoms with Crippen molar-refractivity contribution < 1.29 is 9.59 Å². The fourth-order valence-electron chi connectivity index (χ4n) is 3.14. The number of nitrogens with one attached hydrogen (secondary N) is 1. The van der Waals surface area contributed by atoms with Gasteiger partial charge in [0.15, 0.2) is 11.6 Å². The van der Waals surface area contributed by atoms with E-state index < -0.39 is 5.91 Å². The second kappa shape index (κ2) is 9.16. The van der Waals surface area contributed by atoms with Crippen LogP contribution in [-0.2, 0) is 6.54 Å². The normalized spacial score (nSPS) is 10.6. The minimum Gasteiger partial charge on any atom is -0.304 e. The van der Waals surface area contributed by atoms with Gasteiger partial charge in [-0.15, -0.1) is 0 Å². The third kappa shape index (κ3) is 4.85. The van der Waals surface area contributed by atoms with Gasteiger partial charge in [-0.3, -0.25) is 14.3 Å². The summed E-state index contributed by atoms with van der Waals surface area (Å²) in [5.74, 6) is -0.510. The predicted molar refractivity (Wildman–Crippen MR) is 122 cm³/mol. The number of carbonyl (C=O) groups is 2.